The fourth-order valence-corrected chi connectivity index (χ4v) is 5.71. The molecule has 1 aliphatic heterocycles. The average Bonchev–Trinajstić information content (AvgIpc) is 3.34. The zero-order valence-corrected chi connectivity index (χ0v) is 17.6. The Morgan fingerprint density at radius 1 is 1.25 bits per heavy atom. The van der Waals surface area contributed by atoms with Gasteiger partial charge in [-0.15, -0.1) is 12.4 Å². The van der Waals surface area contributed by atoms with Gasteiger partial charge in [0.05, 0.1) is 23.1 Å². The zero-order chi connectivity index (χ0) is 19.1. The smallest absolute Gasteiger partial charge is 0.240 e. The van der Waals surface area contributed by atoms with Crippen molar-refractivity contribution < 1.29 is 17.9 Å². The predicted octanol–water partition coefficient (Wildman–Crippen LogP) is 2.28. The summed E-state index contributed by atoms with van der Waals surface area (Å²) in [6, 6.07) is 4.64. The fourth-order valence-electron chi connectivity index (χ4n) is 4.38. The number of benzene rings is 1. The number of hydrogen-bond donors (Lipinski definition) is 3. The van der Waals surface area contributed by atoms with Crippen LogP contribution in [0, 0.1) is 11.3 Å². The maximum Gasteiger partial charge on any atom is 0.240 e. The Hall–Kier alpha value is -1.35. The van der Waals surface area contributed by atoms with Crippen LogP contribution in [0.4, 0.5) is 5.69 Å². The molecule has 3 N–H and O–H groups in total. The number of anilines is 1. The first-order valence-corrected chi connectivity index (χ1v) is 11.2. The van der Waals surface area contributed by atoms with Gasteiger partial charge in [0.25, 0.3) is 0 Å². The van der Waals surface area contributed by atoms with E-state index >= 15 is 0 Å². The summed E-state index contributed by atoms with van der Waals surface area (Å²) in [5, 5.41) is 6.35. The summed E-state index contributed by atoms with van der Waals surface area (Å²) in [5.41, 5.74) is -0.00325. The van der Waals surface area contributed by atoms with Gasteiger partial charge in [-0.2, -0.15) is 0 Å². The summed E-state index contributed by atoms with van der Waals surface area (Å²) < 4.78 is 33.1. The third kappa shape index (κ3) is 4.01. The third-order valence-electron chi connectivity index (χ3n) is 6.12. The van der Waals surface area contributed by atoms with E-state index in [2.05, 4.69) is 15.4 Å². The lowest BCUT2D eigenvalue weighted by molar-refractivity contribution is -0.128. The summed E-state index contributed by atoms with van der Waals surface area (Å²) in [6.07, 6.45) is 5.86. The molecule has 0 bridgehead atoms. The number of ether oxygens (including phenoxy) is 1. The third-order valence-corrected chi connectivity index (χ3v) is 7.64. The summed E-state index contributed by atoms with van der Waals surface area (Å²) in [6.45, 7) is 1.54. The molecule has 4 rings (SSSR count). The van der Waals surface area contributed by atoms with Crippen LogP contribution in [0.25, 0.3) is 0 Å². The second-order valence-electron chi connectivity index (χ2n) is 7.94. The van der Waals surface area contributed by atoms with Gasteiger partial charge in [0, 0.05) is 12.6 Å². The molecule has 7 nitrogen and oxygen atoms in total. The van der Waals surface area contributed by atoms with Gasteiger partial charge in [-0.25, -0.2) is 13.1 Å². The molecule has 2 atom stereocenters. The van der Waals surface area contributed by atoms with Crippen LogP contribution in [-0.4, -0.2) is 40.6 Å². The molecule has 3 fully saturated rings. The summed E-state index contributed by atoms with van der Waals surface area (Å²) >= 11 is 0. The maximum absolute atomic E-state index is 13.2. The molecule has 2 saturated carbocycles. The normalized spacial score (nSPS) is 26.8. The summed E-state index contributed by atoms with van der Waals surface area (Å²) in [7, 11) is -2.08. The number of nitrogens with one attached hydrogen (secondary N) is 3. The molecule has 156 valence electrons. The van der Waals surface area contributed by atoms with Gasteiger partial charge in [0.2, 0.25) is 15.9 Å². The lowest BCUT2D eigenvalue weighted by Crippen LogP contribution is -2.44. The number of carbonyl (C=O) groups excluding carboxylic acids is 1. The van der Waals surface area contributed by atoms with E-state index in [-0.39, 0.29) is 29.3 Å². The molecular weight excluding hydrogens is 402 g/mol. The van der Waals surface area contributed by atoms with E-state index in [0.717, 1.165) is 45.1 Å². The Balaban J connectivity index is 0.00000225. The van der Waals surface area contributed by atoms with Gasteiger partial charge in [0.1, 0.15) is 5.75 Å². The van der Waals surface area contributed by atoms with E-state index in [0.29, 0.717) is 23.9 Å². The van der Waals surface area contributed by atoms with E-state index < -0.39 is 15.4 Å². The standard InChI is InChI=1S/C19H27N3O4S.ClH/c1-26-17-8-7-15(27(24,25)22-14-5-6-14)10-16(17)21-18(23)19-9-3-2-4-13(19)11-20-12-19;/h7-8,10,13-14,20,22H,2-6,9,11-12H2,1H3,(H,21,23);1H/t13-,19+;/m0./s1. The van der Waals surface area contributed by atoms with Crippen LogP contribution in [0.5, 0.6) is 5.75 Å². The van der Waals surface area contributed by atoms with Crippen LogP contribution in [0.1, 0.15) is 38.5 Å². The first-order valence-electron chi connectivity index (χ1n) is 9.67. The van der Waals surface area contributed by atoms with Crippen molar-refractivity contribution in [3.8, 4) is 5.75 Å². The molecule has 9 heteroatoms. The highest BCUT2D eigenvalue weighted by Gasteiger charge is 2.50. The number of amides is 1. The monoisotopic (exact) mass is 429 g/mol. The zero-order valence-electron chi connectivity index (χ0n) is 16.0. The van der Waals surface area contributed by atoms with Gasteiger partial charge in [-0.3, -0.25) is 4.79 Å². The molecule has 1 aromatic carbocycles. The van der Waals surface area contributed by atoms with E-state index in [1.807, 2.05) is 0 Å². The van der Waals surface area contributed by atoms with Crippen LogP contribution in [0.15, 0.2) is 23.1 Å². The summed E-state index contributed by atoms with van der Waals surface area (Å²) in [5.74, 6) is 0.754. The number of methoxy groups -OCH3 is 1. The predicted molar refractivity (Wildman–Crippen MR) is 109 cm³/mol. The summed E-state index contributed by atoms with van der Waals surface area (Å²) in [4.78, 5) is 13.4. The molecule has 1 saturated heterocycles. The molecule has 0 radical (unpaired) electrons. The second-order valence-corrected chi connectivity index (χ2v) is 9.66. The number of fused-ring (bicyclic) bond motifs is 1. The second kappa shape index (κ2) is 8.18. The molecular formula is C19H28ClN3O4S. The molecule has 2 aliphatic carbocycles. The van der Waals surface area contributed by atoms with Gasteiger partial charge in [-0.05, 0) is 56.3 Å². The molecule has 1 aromatic rings. The van der Waals surface area contributed by atoms with E-state index in [4.69, 9.17) is 4.74 Å². The highest BCUT2D eigenvalue weighted by atomic mass is 35.5. The Labute approximate surface area is 172 Å². The van der Waals surface area contributed by atoms with Crippen LogP contribution in [0.3, 0.4) is 0 Å². The lowest BCUT2D eigenvalue weighted by Gasteiger charge is -2.37. The van der Waals surface area contributed by atoms with E-state index in [9.17, 15) is 13.2 Å². The molecule has 0 spiro atoms. The van der Waals surface area contributed by atoms with Crippen LogP contribution in [-0.2, 0) is 14.8 Å². The molecule has 1 amide bonds. The van der Waals surface area contributed by atoms with Crippen molar-refractivity contribution in [3.63, 3.8) is 0 Å². The van der Waals surface area contributed by atoms with Gasteiger partial charge >= 0.3 is 0 Å². The highest BCUT2D eigenvalue weighted by Crippen LogP contribution is 2.45. The van der Waals surface area contributed by atoms with Crippen LogP contribution < -0.4 is 20.1 Å². The minimum atomic E-state index is -3.59. The Morgan fingerprint density at radius 2 is 2.04 bits per heavy atom. The Bertz CT molecular complexity index is 844. The minimum absolute atomic E-state index is 0. The first kappa shape index (κ1) is 21.4. The quantitative estimate of drug-likeness (QED) is 0.644. The van der Waals surface area contributed by atoms with Crippen LogP contribution in [0.2, 0.25) is 0 Å². The van der Waals surface area contributed by atoms with Crippen molar-refractivity contribution in [2.75, 3.05) is 25.5 Å². The lowest BCUT2D eigenvalue weighted by atomic mass is 9.67. The largest absolute Gasteiger partial charge is 0.495 e. The number of carbonyl (C=O) groups is 1. The Morgan fingerprint density at radius 3 is 2.75 bits per heavy atom. The van der Waals surface area contributed by atoms with Crippen molar-refractivity contribution in [1.82, 2.24) is 10.0 Å². The number of rotatable bonds is 6. The topological polar surface area (TPSA) is 96.5 Å². The van der Waals surface area contributed by atoms with Crippen molar-refractivity contribution in [2.24, 2.45) is 11.3 Å². The molecule has 0 unspecified atom stereocenters. The van der Waals surface area contributed by atoms with Crippen molar-refractivity contribution >= 4 is 34.0 Å². The van der Waals surface area contributed by atoms with Crippen LogP contribution >= 0.6 is 12.4 Å². The SMILES string of the molecule is COc1ccc(S(=O)(=O)NC2CC2)cc1NC(=O)[C@@]12CCCC[C@H]1CNC2.Cl. The highest BCUT2D eigenvalue weighted by molar-refractivity contribution is 7.89. The minimum Gasteiger partial charge on any atom is -0.495 e. The first-order chi connectivity index (χ1) is 12.9. The molecule has 1 heterocycles. The van der Waals surface area contributed by atoms with E-state index in [1.54, 1.807) is 6.07 Å². The number of sulfonamides is 1. The molecule has 3 aliphatic rings. The average molecular weight is 430 g/mol. The van der Waals surface area contributed by atoms with Gasteiger partial charge in [0.15, 0.2) is 0 Å². The molecule has 28 heavy (non-hydrogen) atoms. The number of hydrogen-bond acceptors (Lipinski definition) is 5. The Kier molecular flexibility index (Phi) is 6.24. The van der Waals surface area contributed by atoms with Gasteiger partial charge < -0.3 is 15.4 Å². The van der Waals surface area contributed by atoms with E-state index in [1.165, 1.54) is 19.2 Å². The maximum atomic E-state index is 13.2. The van der Waals surface area contributed by atoms with Crippen molar-refractivity contribution in [2.45, 2.75) is 49.5 Å². The van der Waals surface area contributed by atoms with Gasteiger partial charge in [-0.1, -0.05) is 12.8 Å². The molecule has 0 aromatic heterocycles. The fraction of sp³-hybridized carbons (Fsp3) is 0.632. The van der Waals surface area contributed by atoms with Crippen molar-refractivity contribution in [3.05, 3.63) is 18.2 Å². The van der Waals surface area contributed by atoms with Crippen molar-refractivity contribution in [1.29, 1.82) is 0 Å². The number of halogens is 1.